The number of imide groups is 1. The number of anilines is 1. The maximum atomic E-state index is 13.6. The van der Waals surface area contributed by atoms with Crippen molar-refractivity contribution >= 4 is 41.9 Å². The van der Waals surface area contributed by atoms with Crippen LogP contribution in [0.4, 0.5) is 5.69 Å². The fourth-order valence-corrected chi connectivity index (χ4v) is 5.22. The molecule has 32 heavy (non-hydrogen) atoms. The van der Waals surface area contributed by atoms with Gasteiger partial charge in [-0.2, -0.15) is 12.6 Å². The molecule has 8 nitrogen and oxygen atoms in total. The van der Waals surface area contributed by atoms with Gasteiger partial charge in [0.25, 0.3) is 0 Å². The van der Waals surface area contributed by atoms with Gasteiger partial charge in [-0.3, -0.25) is 25.1 Å². The molecule has 5 unspecified atom stereocenters. The average Bonchev–Trinajstić information content (AvgIpc) is 3.23. The van der Waals surface area contributed by atoms with Gasteiger partial charge in [-0.1, -0.05) is 49.4 Å². The van der Waals surface area contributed by atoms with Gasteiger partial charge >= 0.3 is 5.97 Å². The highest BCUT2D eigenvalue weighted by Gasteiger charge is 2.68. The number of carbonyl (C=O) groups excluding carboxylic acids is 2. The van der Waals surface area contributed by atoms with Crippen LogP contribution < -0.4 is 16.0 Å². The second-order valence-electron chi connectivity index (χ2n) is 8.34. The Morgan fingerprint density at radius 2 is 1.81 bits per heavy atom. The quantitative estimate of drug-likeness (QED) is 0.197. The number of nitrogens with one attached hydrogen (secondary N) is 2. The number of fused-ring (bicyclic) bond motifs is 1. The van der Waals surface area contributed by atoms with Crippen molar-refractivity contribution in [2.24, 2.45) is 17.6 Å². The van der Waals surface area contributed by atoms with Gasteiger partial charge in [-0.15, -0.1) is 0 Å². The lowest BCUT2D eigenvalue weighted by molar-refractivity contribution is -0.149. The van der Waals surface area contributed by atoms with Gasteiger partial charge in [-0.05, 0) is 24.1 Å². The van der Waals surface area contributed by atoms with E-state index in [4.69, 9.17) is 11.1 Å². The predicted molar refractivity (Wildman–Crippen MR) is 123 cm³/mol. The lowest BCUT2D eigenvalue weighted by atomic mass is 9.77. The number of aliphatic carboxylic acids is 1. The third kappa shape index (κ3) is 3.37. The number of benzene rings is 2. The number of hydrogen-bond acceptors (Lipinski definition) is 6. The largest absolute Gasteiger partial charge is 0.480 e. The minimum absolute atomic E-state index is 0.0658. The van der Waals surface area contributed by atoms with Crippen LogP contribution in [0.3, 0.4) is 0 Å². The van der Waals surface area contributed by atoms with Crippen molar-refractivity contribution in [3.05, 3.63) is 65.7 Å². The molecule has 0 saturated carbocycles. The SMILES string of the molecule is CC(S)CC1(C(=O)O)NC(c2ccc(C(=N)N)cc2)C2C(=O)N(c3ccccc3)C(=O)C21. The Balaban J connectivity index is 1.84. The van der Waals surface area contributed by atoms with E-state index < -0.39 is 41.2 Å². The first-order valence-corrected chi connectivity index (χ1v) is 10.8. The molecule has 2 aromatic rings. The van der Waals surface area contributed by atoms with Gasteiger partial charge in [0.15, 0.2) is 0 Å². The van der Waals surface area contributed by atoms with Crippen LogP contribution in [0, 0.1) is 17.2 Å². The Bertz CT molecular complexity index is 1090. The second kappa shape index (κ2) is 8.07. The lowest BCUT2D eigenvalue weighted by Gasteiger charge is -2.32. The highest BCUT2D eigenvalue weighted by molar-refractivity contribution is 7.80. The van der Waals surface area contributed by atoms with Gasteiger partial charge in [0.05, 0.1) is 17.5 Å². The van der Waals surface area contributed by atoms with E-state index in [1.807, 2.05) is 0 Å². The molecule has 166 valence electrons. The molecular formula is C23H24N4O4S. The van der Waals surface area contributed by atoms with Crippen LogP contribution in [-0.4, -0.2) is 39.5 Å². The summed E-state index contributed by atoms with van der Waals surface area (Å²) in [4.78, 5) is 40.8. The molecule has 0 bridgehead atoms. The minimum Gasteiger partial charge on any atom is -0.480 e. The molecule has 2 aliphatic heterocycles. The second-order valence-corrected chi connectivity index (χ2v) is 9.22. The minimum atomic E-state index is -1.65. The lowest BCUT2D eigenvalue weighted by Crippen LogP contribution is -2.56. The van der Waals surface area contributed by atoms with E-state index in [1.165, 1.54) is 0 Å². The summed E-state index contributed by atoms with van der Waals surface area (Å²) in [5, 5.41) is 20.7. The van der Waals surface area contributed by atoms with E-state index in [2.05, 4.69) is 17.9 Å². The van der Waals surface area contributed by atoms with Crippen molar-refractivity contribution in [1.29, 1.82) is 5.41 Å². The predicted octanol–water partition coefficient (Wildman–Crippen LogP) is 1.95. The number of amides is 2. The maximum absolute atomic E-state index is 13.6. The van der Waals surface area contributed by atoms with Crippen molar-refractivity contribution in [1.82, 2.24) is 5.32 Å². The van der Waals surface area contributed by atoms with E-state index in [0.717, 1.165) is 4.90 Å². The van der Waals surface area contributed by atoms with Gasteiger partial charge < -0.3 is 10.8 Å². The smallest absolute Gasteiger partial charge is 0.324 e. The normalized spacial score (nSPS) is 27.9. The Kier molecular flexibility index (Phi) is 5.56. The molecule has 5 atom stereocenters. The molecule has 5 N–H and O–H groups in total. The Labute approximate surface area is 190 Å². The summed E-state index contributed by atoms with van der Waals surface area (Å²) in [6.07, 6.45) is 0.0658. The van der Waals surface area contributed by atoms with Crippen molar-refractivity contribution in [3.8, 4) is 0 Å². The van der Waals surface area contributed by atoms with E-state index in [-0.39, 0.29) is 17.5 Å². The Morgan fingerprint density at radius 1 is 1.19 bits per heavy atom. The highest BCUT2D eigenvalue weighted by Crippen LogP contribution is 2.51. The van der Waals surface area contributed by atoms with E-state index >= 15 is 0 Å². The Hall–Kier alpha value is -3.17. The number of amidine groups is 1. The molecule has 0 spiro atoms. The molecule has 2 amide bonds. The van der Waals surface area contributed by atoms with Crippen LogP contribution in [0.2, 0.25) is 0 Å². The maximum Gasteiger partial charge on any atom is 0.324 e. The van der Waals surface area contributed by atoms with Crippen molar-refractivity contribution in [3.63, 3.8) is 0 Å². The topological polar surface area (TPSA) is 137 Å². The summed E-state index contributed by atoms with van der Waals surface area (Å²) in [6, 6.07) is 14.5. The summed E-state index contributed by atoms with van der Waals surface area (Å²) in [5.41, 5.74) is 5.47. The summed E-state index contributed by atoms with van der Waals surface area (Å²) in [5.74, 6) is -4.23. The molecule has 4 rings (SSSR count). The number of hydrogen-bond donors (Lipinski definition) is 5. The number of thiol groups is 1. The molecule has 0 aliphatic carbocycles. The van der Waals surface area contributed by atoms with Gasteiger partial charge in [0.1, 0.15) is 11.4 Å². The van der Waals surface area contributed by atoms with Crippen LogP contribution in [0.25, 0.3) is 0 Å². The summed E-state index contributed by atoms with van der Waals surface area (Å²) in [7, 11) is 0. The van der Waals surface area contributed by atoms with Gasteiger partial charge in [-0.25, -0.2) is 4.90 Å². The van der Waals surface area contributed by atoms with Crippen LogP contribution in [0.5, 0.6) is 0 Å². The molecule has 2 fully saturated rings. The standard InChI is InChI=1S/C23H24N4O4S/c1-12(32)11-23(22(30)31)17-16(18(26-23)13-7-9-14(10-8-13)19(24)25)20(28)27(21(17)29)15-5-3-2-4-6-15/h2-10,12,16-18,26,32H,11H2,1H3,(H3,24,25)(H,30,31). The van der Waals surface area contributed by atoms with Gasteiger partial charge in [0, 0.05) is 16.9 Å². The first-order valence-electron chi connectivity index (χ1n) is 10.2. The van der Waals surface area contributed by atoms with E-state index in [0.29, 0.717) is 16.8 Å². The molecule has 2 aromatic carbocycles. The van der Waals surface area contributed by atoms with Crippen molar-refractivity contribution in [2.45, 2.75) is 30.2 Å². The number of para-hydroxylation sites is 1. The molecule has 0 aromatic heterocycles. The number of carboxylic acid groups (broad SMARTS) is 1. The molecule has 2 aliphatic rings. The molecule has 2 saturated heterocycles. The summed E-state index contributed by atoms with van der Waals surface area (Å²) >= 11 is 4.40. The fourth-order valence-electron chi connectivity index (χ4n) is 4.93. The third-order valence-corrected chi connectivity index (χ3v) is 6.43. The number of carboxylic acids is 1. The molecule has 2 heterocycles. The number of nitrogen functional groups attached to an aromatic ring is 1. The van der Waals surface area contributed by atoms with E-state index in [9.17, 15) is 19.5 Å². The zero-order chi connectivity index (χ0) is 23.2. The van der Waals surface area contributed by atoms with Crippen molar-refractivity contribution in [2.75, 3.05) is 4.90 Å². The summed E-state index contributed by atoms with van der Waals surface area (Å²) < 4.78 is 0. The molecule has 9 heteroatoms. The number of rotatable bonds is 6. The highest BCUT2D eigenvalue weighted by atomic mass is 32.1. The Morgan fingerprint density at radius 3 is 2.34 bits per heavy atom. The van der Waals surface area contributed by atoms with Crippen LogP contribution in [-0.2, 0) is 14.4 Å². The summed E-state index contributed by atoms with van der Waals surface area (Å²) in [6.45, 7) is 1.76. The first-order chi connectivity index (χ1) is 15.2. The van der Waals surface area contributed by atoms with Crippen molar-refractivity contribution < 1.29 is 19.5 Å². The van der Waals surface area contributed by atoms with Crippen LogP contribution >= 0.6 is 12.6 Å². The monoisotopic (exact) mass is 452 g/mol. The fraction of sp³-hybridized carbons (Fsp3) is 0.304. The number of nitrogens with zero attached hydrogens (tertiary/aromatic N) is 1. The van der Waals surface area contributed by atoms with E-state index in [1.54, 1.807) is 61.5 Å². The molecule has 0 radical (unpaired) electrons. The van der Waals surface area contributed by atoms with Crippen LogP contribution in [0.15, 0.2) is 54.6 Å². The average molecular weight is 453 g/mol. The van der Waals surface area contributed by atoms with Crippen LogP contribution in [0.1, 0.15) is 30.5 Å². The first kappa shape index (κ1) is 22.0. The third-order valence-electron chi connectivity index (χ3n) is 6.25. The number of nitrogens with two attached hydrogens (primary N) is 1. The molecular weight excluding hydrogens is 428 g/mol. The number of carbonyl (C=O) groups is 3. The zero-order valence-electron chi connectivity index (χ0n) is 17.4. The zero-order valence-corrected chi connectivity index (χ0v) is 18.3. The van der Waals surface area contributed by atoms with Gasteiger partial charge in [0.2, 0.25) is 11.8 Å².